The fourth-order valence-corrected chi connectivity index (χ4v) is 3.27. The molecule has 0 spiro atoms. The van der Waals surface area contributed by atoms with E-state index >= 15 is 0 Å². The second-order valence-corrected chi connectivity index (χ2v) is 6.47. The Balaban J connectivity index is 1.79. The molecule has 4 rings (SSSR count). The quantitative estimate of drug-likeness (QED) is 0.672. The molecule has 1 aliphatic rings. The van der Waals surface area contributed by atoms with Crippen LogP contribution in [0.25, 0.3) is 22.0 Å². The van der Waals surface area contributed by atoms with Gasteiger partial charge in [0.1, 0.15) is 11.5 Å². The van der Waals surface area contributed by atoms with Crippen LogP contribution in [0.15, 0.2) is 42.5 Å². The predicted octanol–water partition coefficient (Wildman–Crippen LogP) is 4.23. The number of fused-ring (bicyclic) bond motifs is 1. The number of rotatable bonds is 3. The van der Waals surface area contributed by atoms with Crippen molar-refractivity contribution in [1.82, 2.24) is 15.5 Å². The molecule has 2 heterocycles. The molecule has 1 aromatic heterocycles. The van der Waals surface area contributed by atoms with Gasteiger partial charge in [0.05, 0.1) is 10.9 Å². The number of hydrogen-bond donors (Lipinski definition) is 2. The second-order valence-electron chi connectivity index (χ2n) is 6.47. The van der Waals surface area contributed by atoms with Crippen molar-refractivity contribution in [2.75, 3.05) is 18.4 Å². The standard InChI is InChI=1S/C19H16F4N4/c20-15-3-1-2-14-16(15)18(25-13-8-9-24-10-13)27-26-17(14)11-4-6-12(7-5-11)19(21,22)23/h1-7,13,24H,8-10H2,(H,25,27)/t13-/m0/s1. The molecular weight excluding hydrogens is 360 g/mol. The molecule has 0 radical (unpaired) electrons. The third-order valence-corrected chi connectivity index (χ3v) is 4.64. The number of aromatic nitrogens is 2. The average molecular weight is 376 g/mol. The number of hydrogen-bond acceptors (Lipinski definition) is 4. The van der Waals surface area contributed by atoms with Crippen molar-refractivity contribution in [3.63, 3.8) is 0 Å². The van der Waals surface area contributed by atoms with E-state index in [1.807, 2.05) is 0 Å². The Bertz CT molecular complexity index is 964. The van der Waals surface area contributed by atoms with Crippen LogP contribution < -0.4 is 10.6 Å². The Labute approximate surface area is 152 Å². The maximum absolute atomic E-state index is 14.6. The molecule has 1 fully saturated rings. The molecule has 1 saturated heterocycles. The minimum atomic E-state index is -4.42. The van der Waals surface area contributed by atoms with E-state index < -0.39 is 17.6 Å². The molecule has 140 valence electrons. The topological polar surface area (TPSA) is 49.8 Å². The zero-order valence-electron chi connectivity index (χ0n) is 14.1. The Morgan fingerprint density at radius 2 is 1.81 bits per heavy atom. The minimum Gasteiger partial charge on any atom is -0.364 e. The Hall–Kier alpha value is -2.74. The van der Waals surface area contributed by atoms with Crippen molar-refractivity contribution < 1.29 is 17.6 Å². The van der Waals surface area contributed by atoms with Gasteiger partial charge in [-0.2, -0.15) is 13.2 Å². The Morgan fingerprint density at radius 3 is 2.48 bits per heavy atom. The number of alkyl halides is 3. The summed E-state index contributed by atoms with van der Waals surface area (Å²) in [5, 5.41) is 15.5. The van der Waals surface area contributed by atoms with Gasteiger partial charge in [-0.15, -0.1) is 10.2 Å². The van der Waals surface area contributed by atoms with E-state index in [2.05, 4.69) is 20.8 Å². The van der Waals surface area contributed by atoms with Crippen LogP contribution in [0.4, 0.5) is 23.4 Å². The molecule has 0 amide bonds. The van der Waals surface area contributed by atoms with E-state index in [1.165, 1.54) is 18.2 Å². The van der Waals surface area contributed by atoms with Crippen LogP contribution in [0, 0.1) is 5.82 Å². The summed E-state index contributed by atoms with van der Waals surface area (Å²) >= 11 is 0. The number of nitrogens with zero attached hydrogens (tertiary/aromatic N) is 2. The minimum absolute atomic E-state index is 0.124. The van der Waals surface area contributed by atoms with E-state index in [0.29, 0.717) is 22.5 Å². The Morgan fingerprint density at radius 1 is 1.04 bits per heavy atom. The van der Waals surface area contributed by atoms with E-state index in [1.54, 1.807) is 12.1 Å². The summed E-state index contributed by atoms with van der Waals surface area (Å²) in [6, 6.07) is 9.32. The van der Waals surface area contributed by atoms with Crippen molar-refractivity contribution in [2.45, 2.75) is 18.6 Å². The molecule has 2 aromatic carbocycles. The molecule has 0 aliphatic carbocycles. The number of anilines is 1. The fraction of sp³-hybridized carbons (Fsp3) is 0.263. The molecule has 4 nitrogen and oxygen atoms in total. The fourth-order valence-electron chi connectivity index (χ4n) is 3.27. The average Bonchev–Trinajstić information content (AvgIpc) is 3.14. The van der Waals surface area contributed by atoms with Crippen molar-refractivity contribution >= 4 is 16.6 Å². The monoisotopic (exact) mass is 376 g/mol. The van der Waals surface area contributed by atoms with Gasteiger partial charge in [0.25, 0.3) is 0 Å². The van der Waals surface area contributed by atoms with Crippen LogP contribution in [0.3, 0.4) is 0 Å². The van der Waals surface area contributed by atoms with Gasteiger partial charge in [-0.3, -0.25) is 0 Å². The predicted molar refractivity (Wildman–Crippen MR) is 94.8 cm³/mol. The molecule has 0 saturated carbocycles. The number of benzene rings is 2. The lowest BCUT2D eigenvalue weighted by Crippen LogP contribution is -2.23. The maximum atomic E-state index is 14.6. The van der Waals surface area contributed by atoms with Gasteiger partial charge in [0.2, 0.25) is 0 Å². The van der Waals surface area contributed by atoms with Crippen molar-refractivity contribution in [3.8, 4) is 11.3 Å². The molecule has 1 atom stereocenters. The van der Waals surface area contributed by atoms with Gasteiger partial charge in [-0.25, -0.2) is 4.39 Å². The van der Waals surface area contributed by atoms with Gasteiger partial charge >= 0.3 is 6.18 Å². The number of nitrogens with one attached hydrogen (secondary N) is 2. The highest BCUT2D eigenvalue weighted by Crippen LogP contribution is 2.34. The number of halogens is 4. The van der Waals surface area contributed by atoms with Crippen molar-refractivity contribution in [1.29, 1.82) is 0 Å². The lowest BCUT2D eigenvalue weighted by Gasteiger charge is -2.15. The van der Waals surface area contributed by atoms with E-state index in [-0.39, 0.29) is 11.4 Å². The van der Waals surface area contributed by atoms with Gasteiger partial charge in [0.15, 0.2) is 5.82 Å². The largest absolute Gasteiger partial charge is 0.416 e. The van der Waals surface area contributed by atoms with Crippen molar-refractivity contribution in [2.24, 2.45) is 0 Å². The van der Waals surface area contributed by atoms with E-state index in [9.17, 15) is 17.6 Å². The third-order valence-electron chi connectivity index (χ3n) is 4.64. The summed E-state index contributed by atoms with van der Waals surface area (Å²) in [6.07, 6.45) is -3.53. The summed E-state index contributed by atoms with van der Waals surface area (Å²) in [4.78, 5) is 0. The molecular formula is C19H16F4N4. The van der Waals surface area contributed by atoms with Crippen LogP contribution in [-0.4, -0.2) is 29.3 Å². The zero-order chi connectivity index (χ0) is 19.0. The first-order valence-electron chi connectivity index (χ1n) is 8.53. The normalized spacial score (nSPS) is 17.4. The highest BCUT2D eigenvalue weighted by atomic mass is 19.4. The lowest BCUT2D eigenvalue weighted by molar-refractivity contribution is -0.137. The molecule has 3 aromatic rings. The molecule has 0 bridgehead atoms. The van der Waals surface area contributed by atoms with Crippen LogP contribution in [-0.2, 0) is 6.18 Å². The summed E-state index contributed by atoms with van der Waals surface area (Å²) in [7, 11) is 0. The first-order valence-corrected chi connectivity index (χ1v) is 8.53. The Kier molecular flexibility index (Phi) is 4.43. The second kappa shape index (κ2) is 6.77. The van der Waals surface area contributed by atoms with Gasteiger partial charge in [0, 0.05) is 23.5 Å². The molecule has 8 heteroatoms. The third kappa shape index (κ3) is 3.44. The lowest BCUT2D eigenvalue weighted by atomic mass is 10.0. The highest BCUT2D eigenvalue weighted by molar-refractivity contribution is 6.00. The van der Waals surface area contributed by atoms with Crippen LogP contribution >= 0.6 is 0 Å². The van der Waals surface area contributed by atoms with Gasteiger partial charge in [-0.1, -0.05) is 24.3 Å². The highest BCUT2D eigenvalue weighted by Gasteiger charge is 2.30. The van der Waals surface area contributed by atoms with Gasteiger partial charge in [-0.05, 0) is 31.2 Å². The first-order chi connectivity index (χ1) is 12.9. The zero-order valence-corrected chi connectivity index (χ0v) is 14.1. The van der Waals surface area contributed by atoms with Crippen LogP contribution in [0.5, 0.6) is 0 Å². The first kappa shape index (κ1) is 17.7. The van der Waals surface area contributed by atoms with E-state index in [4.69, 9.17) is 0 Å². The molecule has 1 aliphatic heterocycles. The summed E-state index contributed by atoms with van der Waals surface area (Å²) < 4.78 is 52.9. The maximum Gasteiger partial charge on any atom is 0.416 e. The van der Waals surface area contributed by atoms with E-state index in [0.717, 1.165) is 31.6 Å². The summed E-state index contributed by atoms with van der Waals surface area (Å²) in [5.74, 6) is -0.114. The smallest absolute Gasteiger partial charge is 0.364 e. The summed E-state index contributed by atoms with van der Waals surface area (Å²) in [6.45, 7) is 1.62. The molecule has 2 N–H and O–H groups in total. The SMILES string of the molecule is Fc1cccc2c(-c3ccc(C(F)(F)F)cc3)nnc(N[C@H]3CCNC3)c12. The van der Waals surface area contributed by atoms with Crippen molar-refractivity contribution in [3.05, 3.63) is 53.8 Å². The van der Waals surface area contributed by atoms with Gasteiger partial charge < -0.3 is 10.6 Å². The van der Waals surface area contributed by atoms with Crippen LogP contribution in [0.1, 0.15) is 12.0 Å². The summed E-state index contributed by atoms with van der Waals surface area (Å²) in [5.41, 5.74) is 0.0372. The molecule has 0 unspecified atom stereocenters. The molecule has 27 heavy (non-hydrogen) atoms. The van der Waals surface area contributed by atoms with Crippen LogP contribution in [0.2, 0.25) is 0 Å².